The van der Waals surface area contributed by atoms with Crippen molar-refractivity contribution in [2.45, 2.75) is 4.90 Å². The van der Waals surface area contributed by atoms with Crippen LogP contribution in [-0.2, 0) is 0 Å². The topological polar surface area (TPSA) is 0 Å². The van der Waals surface area contributed by atoms with Gasteiger partial charge in [0.15, 0.2) is 7.95 Å². The molecule has 0 bridgehead atoms. The first-order valence-electron chi connectivity index (χ1n) is 6.75. The van der Waals surface area contributed by atoms with E-state index in [1.165, 1.54) is 15.3 Å². The summed E-state index contributed by atoms with van der Waals surface area (Å²) in [7, 11) is -1.26. The Morgan fingerprint density at radius 2 is 0.900 bits per heavy atom. The molecule has 20 heavy (non-hydrogen) atoms. The summed E-state index contributed by atoms with van der Waals surface area (Å²) in [4.78, 5) is 1.36. The van der Waals surface area contributed by atoms with E-state index in [1.807, 2.05) is 11.2 Å². The highest BCUT2D eigenvalue weighted by molar-refractivity contribution is 8.28. The summed E-state index contributed by atoms with van der Waals surface area (Å²) in [5.41, 5.74) is 0. The maximum atomic E-state index is 2.26. The molecule has 0 aliphatic carbocycles. The average Bonchev–Trinajstić information content (AvgIpc) is 2.55. The zero-order chi connectivity index (χ0) is 13.6. The fourth-order valence-corrected chi connectivity index (χ4v) is 7.65. The van der Waals surface area contributed by atoms with E-state index in [1.54, 1.807) is 0 Å². The highest BCUT2D eigenvalue weighted by atomic mass is 32.4. The monoisotopic (exact) mass is 292 g/mol. The van der Waals surface area contributed by atoms with Crippen LogP contribution in [0.25, 0.3) is 0 Å². The molecule has 0 fully saturated rings. The zero-order valence-corrected chi connectivity index (χ0v) is 13.1. The van der Waals surface area contributed by atoms with Crippen LogP contribution < -0.4 is 10.4 Å². The quantitative estimate of drug-likeness (QED) is 0.665. The molecule has 0 aliphatic heterocycles. The summed E-state index contributed by atoms with van der Waals surface area (Å²) < 4.78 is 0. The Morgan fingerprint density at radius 3 is 1.35 bits per heavy atom. The highest BCUT2D eigenvalue weighted by Crippen LogP contribution is 2.20. The standard InChI is InChI=1S/C18H16SSi/c1-4-10-16(11-5-1)19-20(17-12-6-2-7-13-17)18-14-8-3-9-15-18/h1-15,20H. The van der Waals surface area contributed by atoms with Crippen molar-refractivity contribution in [2.24, 2.45) is 0 Å². The predicted octanol–water partition coefficient (Wildman–Crippen LogP) is 3.32. The van der Waals surface area contributed by atoms with Crippen molar-refractivity contribution in [1.82, 2.24) is 0 Å². The maximum absolute atomic E-state index is 2.26. The van der Waals surface area contributed by atoms with Gasteiger partial charge in [-0.05, 0) is 22.5 Å². The predicted molar refractivity (Wildman–Crippen MR) is 91.6 cm³/mol. The van der Waals surface area contributed by atoms with Gasteiger partial charge in [0.2, 0.25) is 0 Å². The van der Waals surface area contributed by atoms with Gasteiger partial charge in [0.25, 0.3) is 0 Å². The van der Waals surface area contributed by atoms with E-state index >= 15 is 0 Å². The Bertz CT molecular complexity index is 599. The fourth-order valence-electron chi connectivity index (χ4n) is 2.22. The third-order valence-electron chi connectivity index (χ3n) is 3.20. The van der Waals surface area contributed by atoms with E-state index in [0.29, 0.717) is 0 Å². The largest absolute Gasteiger partial charge is 0.168 e. The van der Waals surface area contributed by atoms with Crippen LogP contribution in [0.1, 0.15) is 0 Å². The van der Waals surface area contributed by atoms with Gasteiger partial charge in [0.1, 0.15) is 0 Å². The van der Waals surface area contributed by atoms with Crippen molar-refractivity contribution in [2.75, 3.05) is 0 Å². The van der Waals surface area contributed by atoms with Crippen LogP contribution in [-0.4, -0.2) is 7.95 Å². The van der Waals surface area contributed by atoms with Crippen LogP contribution in [0, 0.1) is 0 Å². The van der Waals surface area contributed by atoms with Gasteiger partial charge in [0.05, 0.1) is 0 Å². The van der Waals surface area contributed by atoms with Gasteiger partial charge < -0.3 is 0 Å². The molecule has 0 heterocycles. The van der Waals surface area contributed by atoms with Crippen molar-refractivity contribution in [3.63, 3.8) is 0 Å². The van der Waals surface area contributed by atoms with Crippen LogP contribution >= 0.6 is 11.2 Å². The molecule has 3 aromatic carbocycles. The Kier molecular flexibility index (Phi) is 4.36. The Labute approximate surface area is 125 Å². The minimum absolute atomic E-state index is 1.26. The second-order valence-electron chi connectivity index (χ2n) is 4.63. The van der Waals surface area contributed by atoms with E-state index in [0.717, 1.165) is 0 Å². The van der Waals surface area contributed by atoms with E-state index in [9.17, 15) is 0 Å². The highest BCUT2D eigenvalue weighted by Gasteiger charge is 2.17. The molecule has 3 rings (SSSR count). The second-order valence-corrected chi connectivity index (χ2v) is 9.55. The molecule has 3 aromatic rings. The first-order valence-corrected chi connectivity index (χ1v) is 10.2. The summed E-state index contributed by atoms with van der Waals surface area (Å²) >= 11 is 2.03. The molecule has 0 radical (unpaired) electrons. The third kappa shape index (κ3) is 3.21. The van der Waals surface area contributed by atoms with Gasteiger partial charge in [-0.3, -0.25) is 0 Å². The summed E-state index contributed by atoms with van der Waals surface area (Å²) in [5.74, 6) is 0. The number of rotatable bonds is 4. The minimum Gasteiger partial charge on any atom is -0.144 e. The van der Waals surface area contributed by atoms with E-state index < -0.39 is 7.95 Å². The number of hydrogen-bond donors (Lipinski definition) is 0. The molecule has 2 heteroatoms. The minimum atomic E-state index is -1.26. The number of hydrogen-bond acceptors (Lipinski definition) is 1. The third-order valence-corrected chi connectivity index (χ3v) is 9.12. The molecule has 0 saturated heterocycles. The second kappa shape index (κ2) is 6.59. The molecule has 0 aliphatic rings. The maximum Gasteiger partial charge on any atom is 0.168 e. The first kappa shape index (κ1) is 13.2. The zero-order valence-electron chi connectivity index (χ0n) is 11.1. The first-order chi connectivity index (χ1) is 9.93. The van der Waals surface area contributed by atoms with E-state index in [2.05, 4.69) is 91.0 Å². The van der Waals surface area contributed by atoms with Gasteiger partial charge in [-0.1, -0.05) is 78.9 Å². The summed E-state index contributed by atoms with van der Waals surface area (Å²) in [6.45, 7) is 0. The van der Waals surface area contributed by atoms with Crippen molar-refractivity contribution >= 4 is 29.5 Å². The van der Waals surface area contributed by atoms with Crippen molar-refractivity contribution < 1.29 is 0 Å². The van der Waals surface area contributed by atoms with Crippen molar-refractivity contribution in [1.29, 1.82) is 0 Å². The van der Waals surface area contributed by atoms with E-state index in [4.69, 9.17) is 0 Å². The van der Waals surface area contributed by atoms with Gasteiger partial charge >= 0.3 is 0 Å². The van der Waals surface area contributed by atoms with E-state index in [-0.39, 0.29) is 0 Å². The average molecular weight is 292 g/mol. The normalized spacial score (nSPS) is 10.7. The lowest BCUT2D eigenvalue weighted by atomic mass is 10.4. The smallest absolute Gasteiger partial charge is 0.144 e. The van der Waals surface area contributed by atoms with Crippen LogP contribution in [0.3, 0.4) is 0 Å². The molecule has 0 atom stereocenters. The molecule has 0 aromatic heterocycles. The van der Waals surface area contributed by atoms with Crippen LogP contribution in [0.4, 0.5) is 0 Å². The molecule has 0 unspecified atom stereocenters. The molecule has 0 N–H and O–H groups in total. The lowest BCUT2D eigenvalue weighted by Gasteiger charge is -2.16. The summed E-state index contributed by atoms with van der Waals surface area (Å²) in [6, 6.07) is 32.5. The number of benzene rings is 3. The lowest BCUT2D eigenvalue weighted by molar-refractivity contribution is 1.48. The molecule has 0 nitrogen and oxygen atoms in total. The molecule has 0 spiro atoms. The summed E-state index contributed by atoms with van der Waals surface area (Å²) in [5, 5.41) is 2.96. The SMILES string of the molecule is c1ccc(S[SiH](c2ccccc2)c2ccccc2)cc1. The van der Waals surface area contributed by atoms with Crippen molar-refractivity contribution in [3.8, 4) is 0 Å². The van der Waals surface area contributed by atoms with Crippen LogP contribution in [0.2, 0.25) is 0 Å². The Hall–Kier alpha value is -1.77. The Balaban J connectivity index is 1.96. The van der Waals surface area contributed by atoms with Crippen molar-refractivity contribution in [3.05, 3.63) is 91.0 Å². The molecule has 0 amide bonds. The van der Waals surface area contributed by atoms with Gasteiger partial charge in [0, 0.05) is 4.90 Å². The van der Waals surface area contributed by atoms with Gasteiger partial charge in [-0.2, -0.15) is 0 Å². The lowest BCUT2D eigenvalue weighted by Crippen LogP contribution is -2.39. The van der Waals surface area contributed by atoms with Crippen LogP contribution in [0.15, 0.2) is 95.9 Å². The fraction of sp³-hybridized carbons (Fsp3) is 0. The Morgan fingerprint density at radius 1 is 0.500 bits per heavy atom. The summed E-state index contributed by atoms with van der Waals surface area (Å²) in [6.07, 6.45) is 0. The molecule has 0 saturated carbocycles. The van der Waals surface area contributed by atoms with Crippen LogP contribution in [0.5, 0.6) is 0 Å². The molecular formula is C18H16SSi. The van der Waals surface area contributed by atoms with Gasteiger partial charge in [-0.15, -0.1) is 11.2 Å². The molecule has 98 valence electrons. The van der Waals surface area contributed by atoms with Gasteiger partial charge in [-0.25, -0.2) is 0 Å². The molecular weight excluding hydrogens is 276 g/mol.